The number of nitrogens with two attached hydrogens (primary N) is 1. The molecule has 10 heteroatoms. The fraction of sp³-hybridized carbons (Fsp3) is 0.0909. The van der Waals surface area contributed by atoms with Gasteiger partial charge in [-0.15, -0.1) is 13.2 Å². The topological polar surface area (TPSA) is 89.3 Å². The number of benzene rings is 3. The molecule has 0 unspecified atom stereocenters. The van der Waals surface area contributed by atoms with E-state index in [-0.39, 0.29) is 11.7 Å². The molecule has 32 heavy (non-hydrogen) atoms. The van der Waals surface area contributed by atoms with E-state index in [2.05, 4.69) is 20.4 Å². The van der Waals surface area contributed by atoms with Crippen LogP contribution in [0.2, 0.25) is 0 Å². The average Bonchev–Trinajstić information content (AvgIpc) is 3.16. The first-order valence-electron chi connectivity index (χ1n) is 9.42. The number of hydrogen-bond donors (Lipinski definition) is 3. The molecule has 1 amide bonds. The lowest BCUT2D eigenvalue weighted by molar-refractivity contribution is -0.274. The smallest absolute Gasteiger partial charge is 0.406 e. The summed E-state index contributed by atoms with van der Waals surface area (Å²) in [5.74, 6) is -0.557. The Morgan fingerprint density at radius 1 is 1.06 bits per heavy atom. The molecule has 1 aromatic heterocycles. The third-order valence-electron chi connectivity index (χ3n) is 4.46. The number of nitrogens with one attached hydrogen (secondary N) is 2. The number of fused-ring (bicyclic) bond motifs is 1. The van der Waals surface area contributed by atoms with Crippen molar-refractivity contribution in [2.24, 2.45) is 0 Å². The highest BCUT2D eigenvalue weighted by molar-refractivity contribution is 7.22. The number of para-hydroxylation sites is 2. The van der Waals surface area contributed by atoms with Gasteiger partial charge in [0.1, 0.15) is 5.75 Å². The van der Waals surface area contributed by atoms with Crippen molar-refractivity contribution in [2.45, 2.75) is 12.9 Å². The number of nitrogens with zero attached hydrogens (tertiary/aromatic N) is 1. The van der Waals surface area contributed by atoms with E-state index in [4.69, 9.17) is 5.73 Å². The zero-order valence-electron chi connectivity index (χ0n) is 16.4. The van der Waals surface area contributed by atoms with Gasteiger partial charge in [-0.1, -0.05) is 35.6 Å². The number of halogens is 3. The number of amides is 1. The van der Waals surface area contributed by atoms with E-state index >= 15 is 0 Å². The lowest BCUT2D eigenvalue weighted by Gasteiger charge is -2.09. The van der Waals surface area contributed by atoms with Gasteiger partial charge in [-0.05, 0) is 48.0 Å². The minimum atomic E-state index is -4.72. The molecule has 0 fully saturated rings. The second kappa shape index (κ2) is 8.75. The van der Waals surface area contributed by atoms with E-state index in [1.165, 1.54) is 23.5 Å². The highest BCUT2D eigenvalue weighted by Gasteiger charge is 2.30. The first-order chi connectivity index (χ1) is 15.3. The highest BCUT2D eigenvalue weighted by Crippen LogP contribution is 2.28. The first-order valence-corrected chi connectivity index (χ1v) is 10.2. The van der Waals surface area contributed by atoms with Gasteiger partial charge in [0.2, 0.25) is 0 Å². The van der Waals surface area contributed by atoms with Crippen LogP contribution in [0.1, 0.15) is 15.9 Å². The van der Waals surface area contributed by atoms with E-state index in [0.717, 1.165) is 15.8 Å². The van der Waals surface area contributed by atoms with Crippen molar-refractivity contribution >= 4 is 44.0 Å². The number of rotatable bonds is 6. The molecule has 0 bridgehead atoms. The predicted molar refractivity (Wildman–Crippen MR) is 119 cm³/mol. The van der Waals surface area contributed by atoms with Gasteiger partial charge in [-0.3, -0.25) is 4.79 Å². The van der Waals surface area contributed by atoms with E-state index < -0.39 is 6.36 Å². The van der Waals surface area contributed by atoms with Gasteiger partial charge < -0.3 is 21.1 Å². The second-order valence-electron chi connectivity index (χ2n) is 6.79. The summed E-state index contributed by atoms with van der Waals surface area (Å²) in [5, 5.41) is 6.55. The van der Waals surface area contributed by atoms with Crippen LogP contribution in [0.3, 0.4) is 0 Å². The third-order valence-corrected chi connectivity index (χ3v) is 5.44. The average molecular weight is 458 g/mol. The molecule has 0 atom stereocenters. The standard InChI is InChI=1S/C22H17F3N4O2S/c23-22(24,25)31-15-8-5-13(6-9-15)12-27-21-29-18-10-7-14(11-19(18)32-21)20(30)28-17-4-2-1-3-16(17)26/h1-11H,12,26H2,(H,27,29)(H,28,30). The molecule has 0 spiro atoms. The number of carbonyl (C=O) groups is 1. The molecule has 0 aliphatic carbocycles. The van der Waals surface area contributed by atoms with Crippen molar-refractivity contribution in [1.29, 1.82) is 0 Å². The quantitative estimate of drug-likeness (QED) is 0.325. The Kier molecular flexibility index (Phi) is 5.87. The molecule has 1 heterocycles. The van der Waals surface area contributed by atoms with E-state index in [9.17, 15) is 18.0 Å². The Balaban J connectivity index is 1.42. The summed E-state index contributed by atoms with van der Waals surface area (Å²) in [7, 11) is 0. The summed E-state index contributed by atoms with van der Waals surface area (Å²) in [4.78, 5) is 17.0. The number of nitrogen functional groups attached to an aromatic ring is 1. The molecule has 0 aliphatic heterocycles. The summed E-state index contributed by atoms with van der Waals surface area (Å²) < 4.78 is 41.4. The Bertz CT molecular complexity index is 1260. The van der Waals surface area contributed by atoms with Gasteiger partial charge in [0.25, 0.3) is 5.91 Å². The van der Waals surface area contributed by atoms with Crippen LogP contribution in [0.5, 0.6) is 5.75 Å². The summed E-state index contributed by atoms with van der Waals surface area (Å²) in [5.41, 5.74) is 8.84. The lowest BCUT2D eigenvalue weighted by Crippen LogP contribution is -2.17. The molecule has 0 saturated heterocycles. The van der Waals surface area contributed by atoms with Crippen molar-refractivity contribution in [1.82, 2.24) is 4.98 Å². The monoisotopic (exact) mass is 458 g/mol. The maximum Gasteiger partial charge on any atom is 0.573 e. The Morgan fingerprint density at radius 2 is 1.81 bits per heavy atom. The van der Waals surface area contributed by atoms with Crippen LogP contribution in [-0.2, 0) is 6.54 Å². The number of thiazole rings is 1. The maximum atomic E-state index is 12.6. The summed E-state index contributed by atoms with van der Waals surface area (Å²) in [6, 6.07) is 17.8. The third kappa shape index (κ3) is 5.27. The maximum absolute atomic E-state index is 12.6. The van der Waals surface area contributed by atoms with E-state index in [1.807, 2.05) is 0 Å². The van der Waals surface area contributed by atoms with Crippen LogP contribution in [0.25, 0.3) is 10.2 Å². The van der Waals surface area contributed by atoms with Crippen LogP contribution in [0, 0.1) is 0 Å². The van der Waals surface area contributed by atoms with Crippen LogP contribution >= 0.6 is 11.3 Å². The van der Waals surface area contributed by atoms with Crippen LogP contribution < -0.4 is 21.1 Å². The van der Waals surface area contributed by atoms with Gasteiger partial charge in [0.15, 0.2) is 5.13 Å². The fourth-order valence-corrected chi connectivity index (χ4v) is 3.83. The number of anilines is 3. The molecule has 4 rings (SSSR count). The molecule has 0 radical (unpaired) electrons. The Morgan fingerprint density at radius 3 is 2.53 bits per heavy atom. The molecule has 3 aromatic carbocycles. The number of alkyl halides is 3. The normalized spacial score (nSPS) is 11.3. The summed E-state index contributed by atoms with van der Waals surface area (Å²) in [6.07, 6.45) is -4.72. The van der Waals surface area contributed by atoms with Crippen molar-refractivity contribution in [3.05, 3.63) is 77.9 Å². The fourth-order valence-electron chi connectivity index (χ4n) is 2.93. The summed E-state index contributed by atoms with van der Waals surface area (Å²) in [6.45, 7) is 0.368. The van der Waals surface area contributed by atoms with Crippen molar-refractivity contribution in [3.63, 3.8) is 0 Å². The van der Waals surface area contributed by atoms with Gasteiger partial charge in [-0.2, -0.15) is 0 Å². The number of aromatic nitrogens is 1. The largest absolute Gasteiger partial charge is 0.573 e. The van der Waals surface area contributed by atoms with Gasteiger partial charge in [0, 0.05) is 12.1 Å². The Hall–Kier alpha value is -3.79. The minimum absolute atomic E-state index is 0.274. The number of ether oxygens (including phenoxy) is 1. The SMILES string of the molecule is Nc1ccccc1NC(=O)c1ccc2nc(NCc3ccc(OC(F)(F)F)cc3)sc2c1. The lowest BCUT2D eigenvalue weighted by atomic mass is 10.2. The summed E-state index contributed by atoms with van der Waals surface area (Å²) >= 11 is 1.37. The van der Waals surface area contributed by atoms with Crippen LogP contribution in [0.4, 0.5) is 29.7 Å². The molecule has 4 aromatic rings. The molecule has 164 valence electrons. The second-order valence-corrected chi connectivity index (χ2v) is 7.82. The molecule has 0 aliphatic rings. The first kappa shape index (κ1) is 21.4. The van der Waals surface area contributed by atoms with Gasteiger partial charge in [0.05, 0.1) is 21.6 Å². The van der Waals surface area contributed by atoms with Gasteiger partial charge in [-0.25, -0.2) is 4.98 Å². The molecule has 4 N–H and O–H groups in total. The highest BCUT2D eigenvalue weighted by atomic mass is 32.1. The number of carbonyl (C=O) groups excluding carboxylic acids is 1. The zero-order valence-corrected chi connectivity index (χ0v) is 17.3. The van der Waals surface area contributed by atoms with Crippen LogP contribution in [0.15, 0.2) is 66.7 Å². The Labute approximate surface area is 184 Å². The van der Waals surface area contributed by atoms with E-state index in [1.54, 1.807) is 54.6 Å². The van der Waals surface area contributed by atoms with Crippen LogP contribution in [-0.4, -0.2) is 17.3 Å². The zero-order chi connectivity index (χ0) is 22.7. The van der Waals surface area contributed by atoms with Crippen molar-refractivity contribution in [3.8, 4) is 5.75 Å². The van der Waals surface area contributed by atoms with Crippen molar-refractivity contribution < 1.29 is 22.7 Å². The predicted octanol–water partition coefficient (Wildman–Crippen LogP) is 5.64. The number of hydrogen-bond acceptors (Lipinski definition) is 6. The van der Waals surface area contributed by atoms with E-state index in [0.29, 0.717) is 28.6 Å². The van der Waals surface area contributed by atoms with Crippen molar-refractivity contribution in [2.75, 3.05) is 16.4 Å². The molecular formula is C22H17F3N4O2S. The molecular weight excluding hydrogens is 441 g/mol. The molecule has 6 nitrogen and oxygen atoms in total. The van der Waals surface area contributed by atoms with Gasteiger partial charge >= 0.3 is 6.36 Å². The minimum Gasteiger partial charge on any atom is -0.406 e. The molecule has 0 saturated carbocycles.